The topological polar surface area (TPSA) is 49.8 Å². The number of nitrogens with zero attached hydrogens (tertiary/aromatic N) is 1. The molecule has 2 rings (SSSR count). The molecule has 1 aromatic heterocycles. The van der Waals surface area contributed by atoms with Crippen molar-refractivity contribution in [1.82, 2.24) is 4.98 Å². The second-order valence-electron chi connectivity index (χ2n) is 5.68. The Balaban J connectivity index is 2.31. The molecule has 1 aliphatic heterocycles. The molecule has 0 amide bonds. The molecule has 110 valence electrons. The van der Waals surface area contributed by atoms with Crippen LogP contribution in [0.5, 0.6) is 5.75 Å². The Morgan fingerprint density at radius 3 is 2.40 bits per heavy atom. The fourth-order valence-electron chi connectivity index (χ4n) is 1.83. The van der Waals surface area contributed by atoms with Gasteiger partial charge in [0.1, 0.15) is 5.75 Å². The number of hydrogen-bond donors (Lipinski definition) is 0. The Hall–Kier alpha value is -1.18. The van der Waals surface area contributed by atoms with Gasteiger partial charge in [0.25, 0.3) is 0 Å². The summed E-state index contributed by atoms with van der Waals surface area (Å²) < 4.78 is 35.4. The molecule has 5 nitrogen and oxygen atoms in total. The molecule has 1 aliphatic rings. The third-order valence-corrected chi connectivity index (χ3v) is 3.70. The third-order valence-electron chi connectivity index (χ3n) is 3.70. The molecule has 0 saturated carbocycles. The summed E-state index contributed by atoms with van der Waals surface area (Å²) in [6.45, 7) is 7.76. The van der Waals surface area contributed by atoms with Gasteiger partial charge in [-0.3, -0.25) is 0 Å². The van der Waals surface area contributed by atoms with Gasteiger partial charge in [-0.15, -0.1) is 0 Å². The first-order chi connectivity index (χ1) is 9.27. The largest absolute Gasteiger partial charge is 0.498 e. The minimum absolute atomic E-state index is 0.0415. The van der Waals surface area contributed by atoms with Gasteiger partial charge in [-0.05, 0) is 33.8 Å². The molecular weight excluding hydrogens is 264 g/mol. The SMILES string of the molecule is COCOc1cnc(F)cc1B1OC(C)(C)C(C)(C)O1. The molecule has 1 saturated heterocycles. The average molecular weight is 283 g/mol. The van der Waals surface area contributed by atoms with Crippen LogP contribution < -0.4 is 10.2 Å². The highest BCUT2D eigenvalue weighted by Gasteiger charge is 2.52. The molecule has 2 heterocycles. The normalized spacial score (nSPS) is 20.2. The lowest BCUT2D eigenvalue weighted by atomic mass is 9.79. The van der Waals surface area contributed by atoms with Gasteiger partial charge in [-0.2, -0.15) is 4.39 Å². The van der Waals surface area contributed by atoms with Crippen LogP contribution in [0.25, 0.3) is 0 Å². The average Bonchev–Trinajstić information content (AvgIpc) is 2.57. The van der Waals surface area contributed by atoms with Gasteiger partial charge < -0.3 is 18.8 Å². The summed E-state index contributed by atoms with van der Waals surface area (Å²) in [6, 6.07) is 1.26. The maximum Gasteiger partial charge on any atom is 0.498 e. The van der Waals surface area contributed by atoms with E-state index in [1.165, 1.54) is 19.4 Å². The molecular formula is C13H19BFNO4. The maximum atomic E-state index is 13.4. The molecule has 0 atom stereocenters. The van der Waals surface area contributed by atoms with Crippen molar-refractivity contribution in [2.75, 3.05) is 13.9 Å². The van der Waals surface area contributed by atoms with Crippen LogP contribution in [0.15, 0.2) is 12.3 Å². The summed E-state index contributed by atoms with van der Waals surface area (Å²) in [5, 5.41) is 0. The van der Waals surface area contributed by atoms with E-state index in [9.17, 15) is 4.39 Å². The Morgan fingerprint density at radius 2 is 1.85 bits per heavy atom. The van der Waals surface area contributed by atoms with E-state index in [0.29, 0.717) is 11.2 Å². The number of hydrogen-bond acceptors (Lipinski definition) is 5. The Morgan fingerprint density at radius 1 is 1.25 bits per heavy atom. The van der Waals surface area contributed by atoms with Crippen LogP contribution in [-0.2, 0) is 14.0 Å². The molecule has 0 aromatic carbocycles. The van der Waals surface area contributed by atoms with Crippen LogP contribution in [0.2, 0.25) is 0 Å². The molecule has 1 aromatic rings. The lowest BCUT2D eigenvalue weighted by Crippen LogP contribution is -2.41. The van der Waals surface area contributed by atoms with Crippen molar-refractivity contribution in [2.45, 2.75) is 38.9 Å². The lowest BCUT2D eigenvalue weighted by Gasteiger charge is -2.32. The van der Waals surface area contributed by atoms with Crippen molar-refractivity contribution in [1.29, 1.82) is 0 Å². The minimum Gasteiger partial charge on any atom is -0.466 e. The molecule has 0 N–H and O–H groups in total. The van der Waals surface area contributed by atoms with Gasteiger partial charge in [-0.1, -0.05) is 0 Å². The zero-order chi connectivity index (χ0) is 15.0. The molecule has 0 unspecified atom stereocenters. The number of rotatable bonds is 4. The standard InChI is InChI=1S/C13H19BFNO4/c1-12(2)13(3,4)20-14(19-12)9-6-11(15)16-7-10(9)18-8-17-5/h6-7H,8H2,1-5H3. The number of pyridine rings is 1. The predicted octanol–water partition coefficient (Wildman–Crippen LogP) is 1.50. The van der Waals surface area contributed by atoms with Crippen LogP contribution in [0.3, 0.4) is 0 Å². The van der Waals surface area contributed by atoms with E-state index in [1.807, 2.05) is 27.7 Å². The maximum absolute atomic E-state index is 13.4. The first-order valence-electron chi connectivity index (χ1n) is 6.39. The van der Waals surface area contributed by atoms with Gasteiger partial charge in [-0.25, -0.2) is 4.98 Å². The molecule has 20 heavy (non-hydrogen) atoms. The van der Waals surface area contributed by atoms with Gasteiger partial charge in [0.05, 0.1) is 17.4 Å². The van der Waals surface area contributed by atoms with E-state index < -0.39 is 24.3 Å². The van der Waals surface area contributed by atoms with E-state index in [2.05, 4.69) is 4.98 Å². The fourth-order valence-corrected chi connectivity index (χ4v) is 1.83. The summed E-state index contributed by atoms with van der Waals surface area (Å²) in [7, 11) is 0.801. The molecule has 1 fully saturated rings. The smallest absolute Gasteiger partial charge is 0.466 e. The highest BCUT2D eigenvalue weighted by Crippen LogP contribution is 2.37. The van der Waals surface area contributed by atoms with Crippen LogP contribution >= 0.6 is 0 Å². The van der Waals surface area contributed by atoms with Crippen molar-refractivity contribution in [3.63, 3.8) is 0 Å². The first-order valence-corrected chi connectivity index (χ1v) is 6.39. The van der Waals surface area contributed by atoms with Crippen molar-refractivity contribution in [3.05, 3.63) is 18.2 Å². The predicted molar refractivity (Wildman–Crippen MR) is 72.4 cm³/mol. The summed E-state index contributed by atoms with van der Waals surface area (Å²) in [4.78, 5) is 3.58. The molecule has 7 heteroatoms. The number of halogens is 1. The number of aromatic nitrogens is 1. The van der Waals surface area contributed by atoms with E-state index in [-0.39, 0.29) is 6.79 Å². The summed E-state index contributed by atoms with van der Waals surface area (Å²) in [6.07, 6.45) is 1.30. The van der Waals surface area contributed by atoms with Gasteiger partial charge in [0.15, 0.2) is 6.79 Å². The minimum atomic E-state index is -0.704. The molecule has 0 radical (unpaired) electrons. The van der Waals surface area contributed by atoms with Crippen molar-refractivity contribution >= 4 is 12.6 Å². The Kier molecular flexibility index (Phi) is 4.04. The fraction of sp³-hybridized carbons (Fsp3) is 0.615. The first kappa shape index (κ1) is 15.2. The van der Waals surface area contributed by atoms with E-state index in [1.54, 1.807) is 0 Å². The monoisotopic (exact) mass is 283 g/mol. The Bertz CT molecular complexity index is 479. The number of ether oxygens (including phenoxy) is 2. The zero-order valence-corrected chi connectivity index (χ0v) is 12.4. The van der Waals surface area contributed by atoms with Crippen LogP contribution in [-0.4, -0.2) is 37.2 Å². The molecule has 0 spiro atoms. The van der Waals surface area contributed by atoms with Crippen molar-refractivity contribution in [3.8, 4) is 5.75 Å². The molecule has 0 bridgehead atoms. The Labute approximate surface area is 118 Å². The van der Waals surface area contributed by atoms with Gasteiger partial charge in [0, 0.05) is 12.6 Å². The van der Waals surface area contributed by atoms with E-state index in [0.717, 1.165) is 0 Å². The van der Waals surface area contributed by atoms with E-state index >= 15 is 0 Å². The van der Waals surface area contributed by atoms with Gasteiger partial charge in [0.2, 0.25) is 5.95 Å². The quantitative estimate of drug-likeness (QED) is 0.476. The van der Waals surface area contributed by atoms with Crippen LogP contribution in [0, 0.1) is 5.95 Å². The van der Waals surface area contributed by atoms with Gasteiger partial charge >= 0.3 is 7.12 Å². The second-order valence-corrected chi connectivity index (χ2v) is 5.68. The van der Waals surface area contributed by atoms with E-state index in [4.69, 9.17) is 18.8 Å². The zero-order valence-electron chi connectivity index (χ0n) is 12.4. The second kappa shape index (κ2) is 5.31. The lowest BCUT2D eigenvalue weighted by molar-refractivity contribution is 0.00578. The highest BCUT2D eigenvalue weighted by molar-refractivity contribution is 6.63. The summed E-state index contributed by atoms with van der Waals surface area (Å²) in [5.74, 6) is -0.230. The van der Waals surface area contributed by atoms with Crippen LogP contribution in [0.4, 0.5) is 4.39 Å². The van der Waals surface area contributed by atoms with Crippen molar-refractivity contribution < 1.29 is 23.2 Å². The van der Waals surface area contributed by atoms with Crippen molar-refractivity contribution in [2.24, 2.45) is 0 Å². The highest BCUT2D eigenvalue weighted by atomic mass is 19.1. The number of methoxy groups -OCH3 is 1. The third kappa shape index (κ3) is 2.80. The molecule has 0 aliphatic carbocycles. The van der Waals surface area contributed by atoms with Crippen LogP contribution in [0.1, 0.15) is 27.7 Å². The summed E-state index contributed by atoms with van der Waals surface area (Å²) >= 11 is 0. The summed E-state index contributed by atoms with van der Waals surface area (Å²) in [5.41, 5.74) is -0.542.